The fourth-order valence-electron chi connectivity index (χ4n) is 1.59. The molecule has 120 valence electrons. The van der Waals surface area contributed by atoms with Crippen molar-refractivity contribution in [3.8, 4) is 5.75 Å². The van der Waals surface area contributed by atoms with Crippen LogP contribution in [0.2, 0.25) is 0 Å². The van der Waals surface area contributed by atoms with Crippen molar-refractivity contribution in [3.05, 3.63) is 29.6 Å². The molecule has 1 N–H and O–H groups in total. The molecule has 0 saturated carbocycles. The van der Waals surface area contributed by atoms with Crippen LogP contribution in [0.5, 0.6) is 5.75 Å². The van der Waals surface area contributed by atoms with Crippen molar-refractivity contribution in [1.29, 1.82) is 0 Å². The van der Waals surface area contributed by atoms with Gasteiger partial charge in [-0.2, -0.15) is 0 Å². The zero-order valence-corrected chi connectivity index (χ0v) is 13.4. The normalized spacial score (nSPS) is 11.7. The molecule has 0 atom stereocenters. The van der Waals surface area contributed by atoms with Crippen molar-refractivity contribution in [2.24, 2.45) is 0 Å². The van der Waals surface area contributed by atoms with Crippen LogP contribution in [-0.2, 0) is 16.0 Å². The van der Waals surface area contributed by atoms with Gasteiger partial charge in [0.15, 0.2) is 11.6 Å². The maximum atomic E-state index is 13.9. The van der Waals surface area contributed by atoms with Crippen molar-refractivity contribution < 1.29 is 18.6 Å². The van der Waals surface area contributed by atoms with Gasteiger partial charge < -0.3 is 19.5 Å². The zero-order chi connectivity index (χ0) is 15.7. The smallest absolute Gasteiger partial charge is 0.165 e. The summed E-state index contributed by atoms with van der Waals surface area (Å²) in [7, 11) is 1.62. The minimum atomic E-state index is -0.347. The number of rotatable bonds is 9. The lowest BCUT2D eigenvalue weighted by Crippen LogP contribution is -2.35. The van der Waals surface area contributed by atoms with Crippen LogP contribution in [0.15, 0.2) is 18.2 Å². The Bertz CT molecular complexity index is 418. The lowest BCUT2D eigenvalue weighted by Gasteiger charge is -2.20. The molecule has 0 aliphatic rings. The first-order valence-electron chi connectivity index (χ1n) is 7.15. The van der Waals surface area contributed by atoms with E-state index < -0.39 is 0 Å². The summed E-state index contributed by atoms with van der Waals surface area (Å²) in [5.41, 5.74) is 0.900. The van der Waals surface area contributed by atoms with Gasteiger partial charge >= 0.3 is 0 Å². The van der Waals surface area contributed by atoms with Gasteiger partial charge in [0, 0.05) is 19.2 Å². The van der Waals surface area contributed by atoms with E-state index in [0.29, 0.717) is 33.0 Å². The first-order chi connectivity index (χ1) is 9.92. The Labute approximate surface area is 126 Å². The van der Waals surface area contributed by atoms with Crippen LogP contribution < -0.4 is 10.1 Å². The number of hydrogen-bond acceptors (Lipinski definition) is 4. The van der Waals surface area contributed by atoms with E-state index in [1.54, 1.807) is 13.2 Å². The number of halogens is 1. The van der Waals surface area contributed by atoms with Gasteiger partial charge in [-0.25, -0.2) is 4.39 Å². The molecule has 1 rings (SSSR count). The summed E-state index contributed by atoms with van der Waals surface area (Å²) in [5.74, 6) is -0.0926. The summed E-state index contributed by atoms with van der Waals surface area (Å²) in [6, 6.07) is 5.02. The summed E-state index contributed by atoms with van der Waals surface area (Å²) in [6.45, 7) is 8.64. The van der Waals surface area contributed by atoms with Gasteiger partial charge in [-0.1, -0.05) is 6.07 Å². The topological polar surface area (TPSA) is 39.7 Å². The van der Waals surface area contributed by atoms with E-state index in [4.69, 9.17) is 14.2 Å². The van der Waals surface area contributed by atoms with E-state index in [1.165, 1.54) is 6.07 Å². The molecule has 0 fully saturated rings. The highest BCUT2D eigenvalue weighted by Crippen LogP contribution is 2.18. The summed E-state index contributed by atoms with van der Waals surface area (Å²) < 4.78 is 29.3. The number of ether oxygens (including phenoxy) is 3. The van der Waals surface area contributed by atoms with Gasteiger partial charge in [-0.3, -0.25) is 0 Å². The largest absolute Gasteiger partial charge is 0.488 e. The van der Waals surface area contributed by atoms with Gasteiger partial charge in [0.2, 0.25) is 0 Å². The summed E-state index contributed by atoms with van der Waals surface area (Å²) in [6.07, 6.45) is 0. The Kier molecular flexibility index (Phi) is 7.64. The van der Waals surface area contributed by atoms with E-state index in [-0.39, 0.29) is 17.1 Å². The predicted molar refractivity (Wildman–Crippen MR) is 81.2 cm³/mol. The number of methoxy groups -OCH3 is 1. The lowest BCUT2D eigenvalue weighted by atomic mass is 10.1. The third-order valence-corrected chi connectivity index (χ3v) is 2.74. The Morgan fingerprint density at radius 3 is 2.43 bits per heavy atom. The Morgan fingerprint density at radius 1 is 1.10 bits per heavy atom. The minimum Gasteiger partial charge on any atom is -0.488 e. The molecule has 0 amide bonds. The SMILES string of the molecule is COCCOCCOc1ccc(CNC(C)(C)C)cc1F. The van der Waals surface area contributed by atoms with Gasteiger partial charge in [-0.05, 0) is 38.5 Å². The van der Waals surface area contributed by atoms with E-state index in [0.717, 1.165) is 5.56 Å². The number of hydrogen-bond donors (Lipinski definition) is 1. The van der Waals surface area contributed by atoms with Crippen LogP contribution in [0.25, 0.3) is 0 Å². The fourth-order valence-corrected chi connectivity index (χ4v) is 1.59. The highest BCUT2D eigenvalue weighted by molar-refractivity contribution is 5.29. The van der Waals surface area contributed by atoms with Crippen LogP contribution >= 0.6 is 0 Å². The third-order valence-electron chi connectivity index (χ3n) is 2.74. The summed E-state index contributed by atoms with van der Waals surface area (Å²) >= 11 is 0. The van der Waals surface area contributed by atoms with Crippen LogP contribution in [0.1, 0.15) is 26.3 Å². The molecule has 5 heteroatoms. The van der Waals surface area contributed by atoms with Crippen molar-refractivity contribution in [1.82, 2.24) is 5.32 Å². The molecular weight excluding hydrogens is 273 g/mol. The number of nitrogens with one attached hydrogen (secondary N) is 1. The molecule has 0 unspecified atom stereocenters. The average molecular weight is 299 g/mol. The standard InChI is InChI=1S/C16H26FNO3/c1-16(2,3)18-12-13-5-6-15(14(17)11-13)21-10-9-20-8-7-19-4/h5-6,11,18H,7-10,12H2,1-4H3. The maximum Gasteiger partial charge on any atom is 0.165 e. The Morgan fingerprint density at radius 2 is 1.81 bits per heavy atom. The Hall–Kier alpha value is -1.17. The van der Waals surface area contributed by atoms with Gasteiger partial charge in [-0.15, -0.1) is 0 Å². The van der Waals surface area contributed by atoms with Crippen molar-refractivity contribution in [2.75, 3.05) is 33.5 Å². The monoisotopic (exact) mass is 299 g/mol. The first-order valence-corrected chi connectivity index (χ1v) is 7.15. The van der Waals surface area contributed by atoms with Crippen LogP contribution in [0.4, 0.5) is 4.39 Å². The molecule has 1 aromatic carbocycles. The highest BCUT2D eigenvalue weighted by Gasteiger charge is 2.10. The van der Waals surface area contributed by atoms with Gasteiger partial charge in [0.05, 0.1) is 19.8 Å². The quantitative estimate of drug-likeness (QED) is 0.712. The van der Waals surface area contributed by atoms with Crippen LogP contribution in [0.3, 0.4) is 0 Å². The zero-order valence-electron chi connectivity index (χ0n) is 13.4. The van der Waals surface area contributed by atoms with Crippen molar-refractivity contribution in [2.45, 2.75) is 32.9 Å². The average Bonchev–Trinajstić information content (AvgIpc) is 2.41. The first kappa shape index (κ1) is 17.9. The van der Waals surface area contributed by atoms with Crippen molar-refractivity contribution >= 4 is 0 Å². The molecular formula is C16H26FNO3. The Balaban J connectivity index is 2.36. The fraction of sp³-hybridized carbons (Fsp3) is 0.625. The van der Waals surface area contributed by atoms with Crippen LogP contribution in [0, 0.1) is 5.82 Å². The minimum absolute atomic E-state index is 0.00515. The molecule has 0 radical (unpaired) electrons. The van der Waals surface area contributed by atoms with E-state index in [1.807, 2.05) is 6.07 Å². The molecule has 0 saturated heterocycles. The molecule has 21 heavy (non-hydrogen) atoms. The molecule has 0 spiro atoms. The molecule has 0 aliphatic carbocycles. The lowest BCUT2D eigenvalue weighted by molar-refractivity contribution is 0.0538. The van der Waals surface area contributed by atoms with Gasteiger partial charge in [0.1, 0.15) is 6.61 Å². The van der Waals surface area contributed by atoms with E-state index >= 15 is 0 Å². The molecule has 4 nitrogen and oxygen atoms in total. The second-order valence-electron chi connectivity index (χ2n) is 5.82. The summed E-state index contributed by atoms with van der Waals surface area (Å²) in [5, 5.41) is 3.32. The molecule has 0 aromatic heterocycles. The molecule has 0 heterocycles. The second kappa shape index (κ2) is 8.97. The van der Waals surface area contributed by atoms with E-state index in [9.17, 15) is 4.39 Å². The third kappa shape index (κ3) is 7.99. The van der Waals surface area contributed by atoms with Crippen LogP contribution in [-0.4, -0.2) is 39.1 Å². The van der Waals surface area contributed by atoms with Crippen molar-refractivity contribution in [3.63, 3.8) is 0 Å². The summed E-state index contributed by atoms with van der Waals surface area (Å²) in [4.78, 5) is 0. The number of benzene rings is 1. The predicted octanol–water partition coefficient (Wildman–Crippen LogP) is 2.76. The second-order valence-corrected chi connectivity index (χ2v) is 5.82. The molecule has 0 aliphatic heterocycles. The maximum absolute atomic E-state index is 13.9. The van der Waals surface area contributed by atoms with E-state index in [2.05, 4.69) is 26.1 Å². The molecule has 0 bridgehead atoms. The highest BCUT2D eigenvalue weighted by atomic mass is 19.1. The molecule has 1 aromatic rings. The van der Waals surface area contributed by atoms with Gasteiger partial charge in [0.25, 0.3) is 0 Å².